The van der Waals surface area contributed by atoms with Crippen LogP contribution in [0, 0.1) is 15.4 Å². The van der Waals surface area contributed by atoms with Gasteiger partial charge in [0.15, 0.2) is 17.3 Å². The molecule has 2 heterocycles. The molecule has 2 aliphatic heterocycles. The number of aliphatic hydroxyl groups is 1. The Hall–Kier alpha value is -3.03. The summed E-state index contributed by atoms with van der Waals surface area (Å²) in [6.07, 6.45) is 4.66. The number of ketones is 1. The normalized spacial score (nSPS) is 35.5. The van der Waals surface area contributed by atoms with Crippen LogP contribution >= 0.6 is 22.6 Å². The molecule has 0 spiro atoms. The van der Waals surface area contributed by atoms with E-state index in [0.29, 0.717) is 39.5 Å². The number of esters is 1. The maximum Gasteiger partial charge on any atom is 0.310 e. The van der Waals surface area contributed by atoms with Gasteiger partial charge in [-0.2, -0.15) is 0 Å². The molecular weight excluding hydrogens is 703 g/mol. The number of phenolic OH excluding ortho intramolecular Hbond substituents is 1. The first-order chi connectivity index (χ1) is 21.8. The van der Waals surface area contributed by atoms with Crippen LogP contribution in [-0.4, -0.2) is 64.6 Å². The van der Waals surface area contributed by atoms with Crippen LogP contribution in [0.4, 0.5) is 0 Å². The smallest absolute Gasteiger partial charge is 0.310 e. The second-order valence-corrected chi connectivity index (χ2v) is 14.4. The van der Waals surface area contributed by atoms with Gasteiger partial charge < -0.3 is 33.9 Å². The number of fused-ring (bicyclic) bond motifs is 2. The highest BCUT2D eigenvalue weighted by atomic mass is 127. The van der Waals surface area contributed by atoms with Crippen molar-refractivity contribution in [2.75, 3.05) is 13.7 Å². The zero-order valence-corrected chi connectivity index (χ0v) is 28.2. The van der Waals surface area contributed by atoms with Gasteiger partial charge in [-0.3, -0.25) is 9.59 Å². The minimum absolute atomic E-state index is 0.00752. The molecule has 2 aromatic carbocycles. The van der Waals surface area contributed by atoms with Gasteiger partial charge in [-0.25, -0.2) is 0 Å². The molecule has 9 nitrogen and oxygen atoms in total. The largest absolute Gasteiger partial charge is 0.504 e. The molecule has 1 saturated carbocycles. The van der Waals surface area contributed by atoms with Crippen molar-refractivity contribution in [1.29, 1.82) is 0 Å². The number of methoxy groups -OCH3 is 1. The Labute approximate surface area is 281 Å². The molecule has 3 bridgehead atoms. The van der Waals surface area contributed by atoms with Gasteiger partial charge in [-0.05, 0) is 89.3 Å². The molecular formula is C36H37IO9. The molecule has 3 fully saturated rings. The van der Waals surface area contributed by atoms with E-state index < -0.39 is 46.7 Å². The van der Waals surface area contributed by atoms with Crippen LogP contribution in [0.2, 0.25) is 0 Å². The van der Waals surface area contributed by atoms with Crippen LogP contribution < -0.4 is 4.74 Å². The molecule has 1 unspecified atom stereocenters. The number of ether oxygens (including phenoxy) is 5. The summed E-state index contributed by atoms with van der Waals surface area (Å²) in [6.45, 7) is 7.86. The van der Waals surface area contributed by atoms with E-state index in [0.717, 1.165) is 11.1 Å². The fourth-order valence-corrected chi connectivity index (χ4v) is 9.00. The maximum absolute atomic E-state index is 13.7. The molecule has 7 atom stereocenters. The van der Waals surface area contributed by atoms with Gasteiger partial charge >= 0.3 is 5.97 Å². The van der Waals surface area contributed by atoms with E-state index in [1.54, 1.807) is 19.1 Å². The highest BCUT2D eigenvalue weighted by Crippen LogP contribution is 2.66. The lowest BCUT2D eigenvalue weighted by Crippen LogP contribution is -2.67. The van der Waals surface area contributed by atoms with E-state index >= 15 is 0 Å². The summed E-state index contributed by atoms with van der Waals surface area (Å²) < 4.78 is 32.2. The number of benzene rings is 2. The number of hydrogen-bond donors (Lipinski definition) is 2. The lowest BCUT2D eigenvalue weighted by Gasteiger charge is -2.56. The molecule has 10 heteroatoms. The van der Waals surface area contributed by atoms with Crippen LogP contribution in [0.5, 0.6) is 11.5 Å². The van der Waals surface area contributed by atoms with Crippen molar-refractivity contribution >= 4 is 34.3 Å². The number of carbonyl (C=O) groups excluding carboxylic acids is 2. The van der Waals surface area contributed by atoms with Crippen molar-refractivity contribution in [3.63, 3.8) is 0 Å². The summed E-state index contributed by atoms with van der Waals surface area (Å²) in [7, 11) is 1.45. The molecule has 2 saturated heterocycles. The predicted octanol–water partition coefficient (Wildman–Crippen LogP) is 5.10. The van der Waals surface area contributed by atoms with Gasteiger partial charge in [-0.1, -0.05) is 49.1 Å². The Balaban J connectivity index is 1.24. The molecule has 0 aromatic heterocycles. The first-order valence-electron chi connectivity index (χ1n) is 15.5. The van der Waals surface area contributed by atoms with Crippen molar-refractivity contribution in [3.8, 4) is 11.5 Å². The summed E-state index contributed by atoms with van der Waals surface area (Å²) in [4.78, 5) is 26.8. The van der Waals surface area contributed by atoms with E-state index in [4.69, 9.17) is 23.7 Å². The zero-order chi connectivity index (χ0) is 32.6. The fraction of sp³-hybridized carbons (Fsp3) is 0.444. The van der Waals surface area contributed by atoms with Gasteiger partial charge in [0.1, 0.15) is 23.9 Å². The number of aromatic hydroxyl groups is 1. The van der Waals surface area contributed by atoms with Crippen LogP contribution in [0.25, 0.3) is 0 Å². The number of rotatable bonds is 8. The fourth-order valence-electron chi connectivity index (χ4n) is 8.34. The molecule has 0 amide bonds. The molecule has 46 heavy (non-hydrogen) atoms. The van der Waals surface area contributed by atoms with Crippen molar-refractivity contribution in [1.82, 2.24) is 0 Å². The Morgan fingerprint density at radius 3 is 2.61 bits per heavy atom. The molecule has 3 aliphatic carbocycles. The quantitative estimate of drug-likeness (QED) is 0.217. The van der Waals surface area contributed by atoms with Crippen molar-refractivity contribution in [3.05, 3.63) is 92.6 Å². The Bertz CT molecular complexity index is 1700. The number of carbonyl (C=O) groups is 2. The second kappa shape index (κ2) is 11.0. The predicted molar refractivity (Wildman–Crippen MR) is 175 cm³/mol. The van der Waals surface area contributed by atoms with Crippen LogP contribution in [0.15, 0.2) is 77.9 Å². The summed E-state index contributed by atoms with van der Waals surface area (Å²) in [5.74, 6) is -3.10. The van der Waals surface area contributed by atoms with E-state index in [2.05, 4.69) is 6.58 Å². The highest BCUT2D eigenvalue weighted by Gasteiger charge is 2.77. The van der Waals surface area contributed by atoms with Gasteiger partial charge in [0.2, 0.25) is 0 Å². The first kappa shape index (κ1) is 31.6. The number of phenols is 1. The first-order valence-corrected chi connectivity index (χ1v) is 16.6. The average molecular weight is 741 g/mol. The maximum atomic E-state index is 13.7. The molecule has 2 N–H and O–H groups in total. The zero-order valence-electron chi connectivity index (χ0n) is 26.0. The summed E-state index contributed by atoms with van der Waals surface area (Å²) in [6, 6.07) is 13.1. The Kier molecular flexibility index (Phi) is 7.56. The van der Waals surface area contributed by atoms with E-state index in [9.17, 15) is 19.8 Å². The number of hydrogen-bond acceptors (Lipinski definition) is 9. The second-order valence-electron chi connectivity index (χ2n) is 13.3. The minimum atomic E-state index is -1.79. The summed E-state index contributed by atoms with van der Waals surface area (Å²) in [5, 5.41) is 22.5. The molecule has 242 valence electrons. The lowest BCUT2D eigenvalue weighted by molar-refractivity contribution is -0.415. The van der Waals surface area contributed by atoms with Crippen molar-refractivity contribution < 1.29 is 43.5 Å². The van der Waals surface area contributed by atoms with Crippen molar-refractivity contribution in [2.24, 2.45) is 11.8 Å². The van der Waals surface area contributed by atoms with Gasteiger partial charge in [-0.15, -0.1) is 0 Å². The van der Waals surface area contributed by atoms with Crippen LogP contribution in [0.1, 0.15) is 44.2 Å². The van der Waals surface area contributed by atoms with E-state index in [-0.39, 0.29) is 36.7 Å². The third-order valence-electron chi connectivity index (χ3n) is 10.4. The number of halogens is 1. The Morgan fingerprint density at radius 2 is 1.89 bits per heavy atom. The average Bonchev–Trinajstić information content (AvgIpc) is 3.31. The van der Waals surface area contributed by atoms with E-state index in [1.165, 1.54) is 7.11 Å². The number of Topliss-reactive ketones (excluding diaryl/α,β-unsaturated/α-hetero) is 1. The van der Waals surface area contributed by atoms with Gasteiger partial charge in [0.25, 0.3) is 5.97 Å². The third kappa shape index (κ3) is 4.70. The SMILES string of the molecule is C=C(C)[C@]12CC[C@@]34OC(Cc5ccccc5)(O[C@@H]1[C@@H]3C=C(COC(=O)Cc1cc(I)c(O)c(OC)c1)C[C@]1(O)C(=O)C(C)=C[C@@H]41)O2. The highest BCUT2D eigenvalue weighted by molar-refractivity contribution is 14.1. The Morgan fingerprint density at radius 1 is 1.13 bits per heavy atom. The van der Waals surface area contributed by atoms with E-state index in [1.807, 2.05) is 72.0 Å². The summed E-state index contributed by atoms with van der Waals surface area (Å²) >= 11 is 1.98. The molecule has 5 aliphatic rings. The van der Waals surface area contributed by atoms with Crippen LogP contribution in [0.3, 0.4) is 0 Å². The van der Waals surface area contributed by atoms with Crippen molar-refractivity contribution in [2.45, 2.75) is 74.8 Å². The summed E-state index contributed by atoms with van der Waals surface area (Å²) in [5.41, 5.74) is -0.143. The lowest BCUT2D eigenvalue weighted by atomic mass is 9.59. The molecule has 2 aromatic rings. The van der Waals surface area contributed by atoms with Gasteiger partial charge in [0, 0.05) is 18.3 Å². The standard InChI is InChI=1S/C36H37IO9/c1-20(2)34-10-11-35-25(32(34)44-36(45-34,46-35)18-22-8-6-5-7-9-22)13-24(17-33(41)28(35)12-21(3)31(33)40)19-43-29(38)16-23-14-26(37)30(39)27(15-23)42-4/h5-9,12-15,25,28,32,39,41H,1,10-11,16-19H2,2-4H3/t25-,28+,32+,33+,34+,35+,36?/m0/s1. The third-order valence-corrected chi connectivity index (χ3v) is 11.2. The van der Waals surface area contributed by atoms with Crippen LogP contribution in [-0.2, 0) is 41.4 Å². The van der Waals surface area contributed by atoms with Gasteiger partial charge in [0.05, 0.1) is 29.1 Å². The molecule has 0 radical (unpaired) electrons. The molecule has 7 rings (SSSR count). The minimum Gasteiger partial charge on any atom is -0.504 e. The topological polar surface area (TPSA) is 121 Å². The monoisotopic (exact) mass is 740 g/mol.